The van der Waals surface area contributed by atoms with E-state index >= 15 is 0 Å². The van der Waals surface area contributed by atoms with Crippen LogP contribution in [0.15, 0.2) is 48.5 Å². The van der Waals surface area contributed by atoms with Gasteiger partial charge in [-0.2, -0.15) is 0 Å². The summed E-state index contributed by atoms with van der Waals surface area (Å²) in [5.74, 6) is -0.171. The van der Waals surface area contributed by atoms with Gasteiger partial charge < -0.3 is 5.32 Å². The molecule has 1 saturated heterocycles. The van der Waals surface area contributed by atoms with Gasteiger partial charge in [-0.15, -0.1) is 11.3 Å². The van der Waals surface area contributed by atoms with Crippen molar-refractivity contribution >= 4 is 43.2 Å². The van der Waals surface area contributed by atoms with E-state index in [4.69, 9.17) is 0 Å². The molecule has 29 heavy (non-hydrogen) atoms. The molecule has 4 rings (SSSR count). The van der Waals surface area contributed by atoms with Crippen molar-refractivity contribution in [2.75, 3.05) is 24.2 Å². The zero-order chi connectivity index (χ0) is 20.3. The molecule has 1 aromatic heterocycles. The van der Waals surface area contributed by atoms with Crippen LogP contribution in [-0.4, -0.2) is 42.5 Å². The lowest BCUT2D eigenvalue weighted by Crippen LogP contribution is -2.30. The molecular weight excluding hydrogens is 406 g/mol. The molecule has 0 bridgehead atoms. The second-order valence-electron chi connectivity index (χ2n) is 7.11. The molecule has 152 valence electrons. The summed E-state index contributed by atoms with van der Waals surface area (Å²) >= 11 is 1.58. The Labute approximate surface area is 174 Å². The Bertz CT molecular complexity index is 1090. The SMILES string of the molecule is O=C(CCCS(=O)(=O)N1CCCC1)Nc1ccccc1-c1nc2ccccc2s1. The van der Waals surface area contributed by atoms with Gasteiger partial charge >= 0.3 is 0 Å². The summed E-state index contributed by atoms with van der Waals surface area (Å²) in [5, 5.41) is 3.77. The van der Waals surface area contributed by atoms with Gasteiger partial charge in [0.25, 0.3) is 0 Å². The fourth-order valence-corrected chi connectivity index (χ4v) is 6.08. The first-order chi connectivity index (χ1) is 14.0. The van der Waals surface area contributed by atoms with Crippen LogP contribution in [0, 0.1) is 0 Å². The van der Waals surface area contributed by atoms with Crippen LogP contribution in [0.25, 0.3) is 20.8 Å². The molecule has 6 nitrogen and oxygen atoms in total. The molecule has 1 amide bonds. The molecule has 2 aromatic carbocycles. The molecule has 1 fully saturated rings. The summed E-state index contributed by atoms with van der Waals surface area (Å²) < 4.78 is 27.2. The van der Waals surface area contributed by atoms with E-state index in [0.717, 1.165) is 33.6 Å². The second-order valence-corrected chi connectivity index (χ2v) is 10.2. The van der Waals surface area contributed by atoms with Crippen molar-refractivity contribution in [2.24, 2.45) is 0 Å². The lowest BCUT2D eigenvalue weighted by atomic mass is 10.1. The van der Waals surface area contributed by atoms with E-state index in [-0.39, 0.29) is 18.1 Å². The minimum absolute atomic E-state index is 0.0138. The average molecular weight is 430 g/mol. The van der Waals surface area contributed by atoms with Crippen molar-refractivity contribution in [3.05, 3.63) is 48.5 Å². The zero-order valence-electron chi connectivity index (χ0n) is 16.0. The second kappa shape index (κ2) is 8.61. The molecule has 0 radical (unpaired) electrons. The van der Waals surface area contributed by atoms with E-state index in [0.29, 0.717) is 25.2 Å². The summed E-state index contributed by atoms with van der Waals surface area (Å²) in [5.41, 5.74) is 2.49. The molecule has 0 aliphatic carbocycles. The number of fused-ring (bicyclic) bond motifs is 1. The number of anilines is 1. The lowest BCUT2D eigenvalue weighted by Gasteiger charge is -2.15. The molecule has 0 unspecified atom stereocenters. The number of nitrogens with one attached hydrogen (secondary N) is 1. The molecule has 0 saturated carbocycles. The predicted octanol–water partition coefficient (Wildman–Crippen LogP) is 4.11. The topological polar surface area (TPSA) is 79.4 Å². The monoisotopic (exact) mass is 429 g/mol. The maximum absolute atomic E-state index is 12.4. The predicted molar refractivity (Wildman–Crippen MR) is 118 cm³/mol. The number of rotatable bonds is 7. The summed E-state index contributed by atoms with van der Waals surface area (Å²) in [6.45, 7) is 1.20. The van der Waals surface area contributed by atoms with Crippen LogP contribution in [-0.2, 0) is 14.8 Å². The number of carbonyl (C=O) groups excluding carboxylic acids is 1. The molecule has 1 aliphatic rings. The van der Waals surface area contributed by atoms with Crippen molar-refractivity contribution in [1.29, 1.82) is 0 Å². The van der Waals surface area contributed by atoms with E-state index in [9.17, 15) is 13.2 Å². The molecule has 3 aromatic rings. The Kier molecular flexibility index (Phi) is 5.94. The van der Waals surface area contributed by atoms with Crippen LogP contribution in [0.2, 0.25) is 0 Å². The molecule has 8 heteroatoms. The zero-order valence-corrected chi connectivity index (χ0v) is 17.6. The fourth-order valence-electron chi connectivity index (χ4n) is 3.49. The Morgan fingerprint density at radius 2 is 1.79 bits per heavy atom. The van der Waals surface area contributed by atoms with Crippen molar-refractivity contribution in [1.82, 2.24) is 9.29 Å². The van der Waals surface area contributed by atoms with Crippen LogP contribution >= 0.6 is 11.3 Å². The van der Waals surface area contributed by atoms with Crippen LogP contribution in [0.3, 0.4) is 0 Å². The number of sulfonamides is 1. The first-order valence-corrected chi connectivity index (χ1v) is 12.2. The number of amides is 1. The van der Waals surface area contributed by atoms with Crippen molar-refractivity contribution in [3.8, 4) is 10.6 Å². The summed E-state index contributed by atoms with van der Waals surface area (Å²) in [4.78, 5) is 17.1. The number of benzene rings is 2. The largest absolute Gasteiger partial charge is 0.325 e. The van der Waals surface area contributed by atoms with Gasteiger partial charge in [0.1, 0.15) is 5.01 Å². The van der Waals surface area contributed by atoms with E-state index in [2.05, 4.69) is 10.3 Å². The maximum Gasteiger partial charge on any atom is 0.224 e. The van der Waals surface area contributed by atoms with Gasteiger partial charge in [0.15, 0.2) is 0 Å². The average Bonchev–Trinajstić information content (AvgIpc) is 3.38. The van der Waals surface area contributed by atoms with Crippen molar-refractivity contribution in [3.63, 3.8) is 0 Å². The number of para-hydroxylation sites is 2. The third kappa shape index (κ3) is 4.66. The highest BCUT2D eigenvalue weighted by Crippen LogP contribution is 2.34. The highest BCUT2D eigenvalue weighted by molar-refractivity contribution is 7.89. The van der Waals surface area contributed by atoms with E-state index in [1.54, 1.807) is 11.3 Å². The number of nitrogens with zero attached hydrogens (tertiary/aromatic N) is 2. The number of thiazole rings is 1. The third-order valence-corrected chi connectivity index (χ3v) is 8.02. The Balaban J connectivity index is 1.41. The van der Waals surface area contributed by atoms with Gasteiger partial charge in [0.2, 0.25) is 15.9 Å². The molecule has 2 heterocycles. The van der Waals surface area contributed by atoms with Crippen molar-refractivity contribution < 1.29 is 13.2 Å². The Morgan fingerprint density at radius 3 is 2.59 bits per heavy atom. The summed E-state index contributed by atoms with van der Waals surface area (Å²) in [6.07, 6.45) is 2.32. The fraction of sp³-hybridized carbons (Fsp3) is 0.333. The maximum atomic E-state index is 12.4. The molecule has 0 spiro atoms. The summed E-state index contributed by atoms with van der Waals surface area (Å²) in [6, 6.07) is 15.5. The summed E-state index contributed by atoms with van der Waals surface area (Å²) in [7, 11) is -3.25. The number of hydrogen-bond acceptors (Lipinski definition) is 5. The van der Waals surface area contributed by atoms with E-state index < -0.39 is 10.0 Å². The molecule has 1 N–H and O–H groups in total. The van der Waals surface area contributed by atoms with Crippen molar-refractivity contribution in [2.45, 2.75) is 25.7 Å². The van der Waals surface area contributed by atoms with E-state index in [1.807, 2.05) is 48.5 Å². The number of hydrogen-bond donors (Lipinski definition) is 1. The first-order valence-electron chi connectivity index (χ1n) is 9.75. The van der Waals surface area contributed by atoms with E-state index in [1.165, 1.54) is 4.31 Å². The third-order valence-electron chi connectivity index (χ3n) is 4.99. The Hall–Kier alpha value is -2.29. The van der Waals surface area contributed by atoms with Gasteiger partial charge in [-0.05, 0) is 43.5 Å². The minimum Gasteiger partial charge on any atom is -0.325 e. The normalized spacial score (nSPS) is 15.0. The van der Waals surface area contributed by atoms with Gasteiger partial charge in [0, 0.05) is 25.1 Å². The number of carbonyl (C=O) groups is 1. The lowest BCUT2D eigenvalue weighted by molar-refractivity contribution is -0.116. The molecular formula is C21H23N3O3S2. The van der Waals surface area contributed by atoms with Crippen LogP contribution in [0.4, 0.5) is 5.69 Å². The highest BCUT2D eigenvalue weighted by atomic mass is 32.2. The smallest absolute Gasteiger partial charge is 0.224 e. The molecule has 1 aliphatic heterocycles. The van der Waals surface area contributed by atoms with Crippen LogP contribution in [0.1, 0.15) is 25.7 Å². The van der Waals surface area contributed by atoms with Gasteiger partial charge in [-0.3, -0.25) is 4.79 Å². The number of aromatic nitrogens is 1. The van der Waals surface area contributed by atoms with Gasteiger partial charge in [-0.1, -0.05) is 24.3 Å². The van der Waals surface area contributed by atoms with Gasteiger partial charge in [0.05, 0.1) is 21.7 Å². The van der Waals surface area contributed by atoms with Crippen LogP contribution < -0.4 is 5.32 Å². The Morgan fingerprint density at radius 1 is 1.07 bits per heavy atom. The van der Waals surface area contributed by atoms with Gasteiger partial charge in [-0.25, -0.2) is 17.7 Å². The first kappa shape index (κ1) is 20.0. The quantitative estimate of drug-likeness (QED) is 0.613. The minimum atomic E-state index is -3.25. The van der Waals surface area contributed by atoms with Crippen LogP contribution in [0.5, 0.6) is 0 Å². The highest BCUT2D eigenvalue weighted by Gasteiger charge is 2.25. The molecule has 0 atom stereocenters. The standard InChI is InChI=1S/C21H23N3O3S2/c25-20(12-7-15-29(26,27)24-13-5-6-14-24)22-17-9-2-1-8-16(17)21-23-18-10-3-4-11-19(18)28-21/h1-4,8-11H,5-7,12-15H2,(H,22,25).